The summed E-state index contributed by atoms with van der Waals surface area (Å²) in [5.41, 5.74) is 2.82. The highest BCUT2D eigenvalue weighted by Gasteiger charge is 2.21. The molecule has 0 bridgehead atoms. The normalized spacial score (nSPS) is 12.3. The third-order valence-corrected chi connectivity index (χ3v) is 4.64. The Morgan fingerprint density at radius 2 is 1.79 bits per heavy atom. The van der Waals surface area contributed by atoms with Crippen LogP contribution < -0.4 is 5.32 Å². The van der Waals surface area contributed by atoms with E-state index in [4.69, 9.17) is 0 Å². The van der Waals surface area contributed by atoms with Crippen LogP contribution in [0.25, 0.3) is 11.0 Å². The van der Waals surface area contributed by atoms with E-state index >= 15 is 0 Å². The van der Waals surface area contributed by atoms with Gasteiger partial charge in [0, 0.05) is 19.1 Å². The highest BCUT2D eigenvalue weighted by atomic mass is 16.3. The summed E-state index contributed by atoms with van der Waals surface area (Å²) in [6.45, 7) is 6.90. The van der Waals surface area contributed by atoms with Gasteiger partial charge in [0.2, 0.25) is 11.9 Å². The van der Waals surface area contributed by atoms with E-state index in [1.807, 2.05) is 77.9 Å². The number of anilines is 1. The summed E-state index contributed by atoms with van der Waals surface area (Å²) in [4.78, 5) is 19.7. The fourth-order valence-electron chi connectivity index (χ4n) is 3.17. The largest absolute Gasteiger partial charge is 0.392 e. The number of carbonyl (C=O) groups excluding carboxylic acids is 1. The molecule has 0 fully saturated rings. The minimum atomic E-state index is -0.505. The number of aromatic nitrogens is 2. The Morgan fingerprint density at radius 3 is 2.46 bits per heavy atom. The average molecular weight is 380 g/mol. The molecule has 2 aromatic carbocycles. The lowest BCUT2D eigenvalue weighted by Crippen LogP contribution is -2.38. The standard InChI is InChI=1S/C22H28N4O2/c1-16(2)25(14-18-9-5-4-6-10-18)21(28)15-26-20-12-8-7-11-19(20)24-22(26)23-13-17(3)27/h4-12,16-17,27H,13-15H2,1-3H3,(H,23,24). The number of nitrogens with one attached hydrogen (secondary N) is 1. The van der Waals surface area contributed by atoms with E-state index in [1.165, 1.54) is 0 Å². The third kappa shape index (κ3) is 4.70. The zero-order valence-electron chi connectivity index (χ0n) is 16.7. The van der Waals surface area contributed by atoms with E-state index in [9.17, 15) is 9.90 Å². The van der Waals surface area contributed by atoms with Crippen LogP contribution in [-0.4, -0.2) is 44.2 Å². The Kier molecular flexibility index (Phi) is 6.31. The van der Waals surface area contributed by atoms with Crippen LogP contribution in [0.4, 0.5) is 5.95 Å². The Morgan fingerprint density at radius 1 is 1.11 bits per heavy atom. The Hall–Kier alpha value is -2.86. The second kappa shape index (κ2) is 8.89. The predicted molar refractivity (Wildman–Crippen MR) is 112 cm³/mol. The van der Waals surface area contributed by atoms with E-state index in [1.54, 1.807) is 6.92 Å². The van der Waals surface area contributed by atoms with Gasteiger partial charge >= 0.3 is 0 Å². The molecule has 0 spiro atoms. The summed E-state index contributed by atoms with van der Waals surface area (Å²) in [6.07, 6.45) is -0.505. The number of amides is 1. The number of hydrogen-bond donors (Lipinski definition) is 2. The van der Waals surface area contributed by atoms with Crippen LogP contribution in [0.5, 0.6) is 0 Å². The van der Waals surface area contributed by atoms with Crippen LogP contribution in [-0.2, 0) is 17.9 Å². The van der Waals surface area contributed by atoms with E-state index < -0.39 is 6.10 Å². The Bertz CT molecular complexity index is 919. The average Bonchev–Trinajstić information content (AvgIpc) is 3.02. The van der Waals surface area contributed by atoms with Gasteiger partial charge in [0.1, 0.15) is 6.54 Å². The molecule has 0 saturated heterocycles. The van der Waals surface area contributed by atoms with Gasteiger partial charge in [-0.3, -0.25) is 4.79 Å². The summed E-state index contributed by atoms with van der Waals surface area (Å²) in [5.74, 6) is 0.626. The lowest BCUT2D eigenvalue weighted by molar-refractivity contribution is -0.134. The quantitative estimate of drug-likeness (QED) is 0.629. The van der Waals surface area contributed by atoms with E-state index in [0.717, 1.165) is 16.6 Å². The number of imidazole rings is 1. The van der Waals surface area contributed by atoms with E-state index in [2.05, 4.69) is 10.3 Å². The molecule has 1 amide bonds. The van der Waals surface area contributed by atoms with Crippen molar-refractivity contribution in [2.24, 2.45) is 0 Å². The number of para-hydroxylation sites is 2. The van der Waals surface area contributed by atoms with Gasteiger partial charge in [0.15, 0.2) is 0 Å². The van der Waals surface area contributed by atoms with Crippen molar-refractivity contribution in [1.29, 1.82) is 0 Å². The number of carbonyl (C=O) groups is 1. The fraction of sp³-hybridized carbons (Fsp3) is 0.364. The number of aliphatic hydroxyl groups excluding tert-OH is 1. The molecule has 0 saturated carbocycles. The van der Waals surface area contributed by atoms with Crippen molar-refractivity contribution in [2.75, 3.05) is 11.9 Å². The van der Waals surface area contributed by atoms with Gasteiger partial charge in [0.05, 0.1) is 17.1 Å². The van der Waals surface area contributed by atoms with Gasteiger partial charge in [-0.05, 0) is 38.5 Å². The van der Waals surface area contributed by atoms with Crippen molar-refractivity contribution < 1.29 is 9.90 Å². The molecule has 148 valence electrons. The highest BCUT2D eigenvalue weighted by molar-refractivity contribution is 5.83. The summed E-state index contributed by atoms with van der Waals surface area (Å²) in [6, 6.07) is 17.8. The first-order valence-corrected chi connectivity index (χ1v) is 9.66. The summed E-state index contributed by atoms with van der Waals surface area (Å²) in [7, 11) is 0. The molecule has 0 aliphatic carbocycles. The lowest BCUT2D eigenvalue weighted by atomic mass is 10.2. The van der Waals surface area contributed by atoms with Gasteiger partial charge in [-0.2, -0.15) is 0 Å². The van der Waals surface area contributed by atoms with Crippen LogP contribution in [0.3, 0.4) is 0 Å². The molecule has 0 aliphatic heterocycles. The highest BCUT2D eigenvalue weighted by Crippen LogP contribution is 2.20. The molecule has 3 aromatic rings. The molecule has 1 atom stereocenters. The molecule has 28 heavy (non-hydrogen) atoms. The smallest absolute Gasteiger partial charge is 0.243 e. The molecule has 1 heterocycles. The van der Waals surface area contributed by atoms with Crippen molar-refractivity contribution in [1.82, 2.24) is 14.5 Å². The van der Waals surface area contributed by atoms with Crippen molar-refractivity contribution >= 4 is 22.9 Å². The molecular formula is C22H28N4O2. The van der Waals surface area contributed by atoms with Crippen molar-refractivity contribution in [2.45, 2.75) is 46.0 Å². The number of hydrogen-bond acceptors (Lipinski definition) is 4. The fourth-order valence-corrected chi connectivity index (χ4v) is 3.17. The van der Waals surface area contributed by atoms with Crippen LogP contribution in [0.15, 0.2) is 54.6 Å². The Balaban J connectivity index is 1.86. The maximum absolute atomic E-state index is 13.2. The van der Waals surface area contributed by atoms with E-state index in [-0.39, 0.29) is 18.5 Å². The molecule has 6 heteroatoms. The molecular weight excluding hydrogens is 352 g/mol. The molecule has 3 rings (SSSR count). The van der Waals surface area contributed by atoms with Gasteiger partial charge < -0.3 is 19.9 Å². The topological polar surface area (TPSA) is 70.4 Å². The van der Waals surface area contributed by atoms with Crippen molar-refractivity contribution in [3.63, 3.8) is 0 Å². The van der Waals surface area contributed by atoms with Crippen LogP contribution in [0, 0.1) is 0 Å². The summed E-state index contributed by atoms with van der Waals surface area (Å²) in [5, 5.41) is 12.8. The molecule has 1 unspecified atom stereocenters. The van der Waals surface area contributed by atoms with Crippen LogP contribution >= 0.6 is 0 Å². The molecule has 2 N–H and O–H groups in total. The zero-order valence-corrected chi connectivity index (χ0v) is 16.7. The predicted octanol–water partition coefficient (Wildman–Crippen LogP) is 3.27. The second-order valence-corrected chi connectivity index (χ2v) is 7.34. The van der Waals surface area contributed by atoms with Crippen LogP contribution in [0.1, 0.15) is 26.3 Å². The van der Waals surface area contributed by atoms with Gasteiger partial charge in [0.25, 0.3) is 0 Å². The second-order valence-electron chi connectivity index (χ2n) is 7.34. The minimum absolute atomic E-state index is 0.0297. The molecule has 6 nitrogen and oxygen atoms in total. The maximum atomic E-state index is 13.2. The van der Waals surface area contributed by atoms with E-state index in [0.29, 0.717) is 19.0 Å². The first-order valence-electron chi connectivity index (χ1n) is 9.66. The Labute approximate surface area is 165 Å². The number of aliphatic hydroxyl groups is 1. The minimum Gasteiger partial charge on any atom is -0.392 e. The maximum Gasteiger partial charge on any atom is 0.243 e. The first-order chi connectivity index (χ1) is 13.5. The van der Waals surface area contributed by atoms with Crippen molar-refractivity contribution in [3.05, 3.63) is 60.2 Å². The SMILES string of the molecule is CC(O)CNc1nc2ccccc2n1CC(=O)N(Cc1ccccc1)C(C)C. The van der Waals surface area contributed by atoms with Gasteiger partial charge in [-0.15, -0.1) is 0 Å². The van der Waals surface area contributed by atoms with Crippen molar-refractivity contribution in [3.8, 4) is 0 Å². The molecule has 0 radical (unpaired) electrons. The number of benzene rings is 2. The first kappa shape index (κ1) is 19.9. The van der Waals surface area contributed by atoms with Gasteiger partial charge in [-0.25, -0.2) is 4.98 Å². The third-order valence-electron chi connectivity index (χ3n) is 4.64. The van der Waals surface area contributed by atoms with Gasteiger partial charge in [-0.1, -0.05) is 42.5 Å². The number of nitrogens with zero attached hydrogens (tertiary/aromatic N) is 3. The summed E-state index contributed by atoms with van der Waals surface area (Å²) >= 11 is 0. The lowest BCUT2D eigenvalue weighted by Gasteiger charge is -2.27. The molecule has 0 aliphatic rings. The molecule has 1 aromatic heterocycles. The van der Waals surface area contributed by atoms with Crippen LogP contribution in [0.2, 0.25) is 0 Å². The summed E-state index contributed by atoms with van der Waals surface area (Å²) < 4.78 is 1.89. The zero-order chi connectivity index (χ0) is 20.1. The number of rotatable bonds is 8. The monoisotopic (exact) mass is 380 g/mol. The number of fused-ring (bicyclic) bond motifs is 1.